The average Bonchev–Trinajstić information content (AvgIpc) is 3.36. The molecule has 8 atom stereocenters. The second-order valence-corrected chi connectivity index (χ2v) is 21.8. The van der Waals surface area contributed by atoms with Crippen LogP contribution in [0.25, 0.3) is 0 Å². The largest absolute Gasteiger partial charge is 0.456 e. The summed E-state index contributed by atoms with van der Waals surface area (Å²) in [5.74, 6) is -6.42. The predicted octanol–water partition coefficient (Wildman–Crippen LogP) is 6.40. The van der Waals surface area contributed by atoms with Crippen molar-refractivity contribution in [3.63, 3.8) is 0 Å². The number of esters is 2. The zero-order chi connectivity index (χ0) is 57.8. The van der Waals surface area contributed by atoms with Crippen LogP contribution in [0.1, 0.15) is 134 Å². The Bertz CT molecular complexity index is 2230. The van der Waals surface area contributed by atoms with Crippen molar-refractivity contribution in [2.75, 3.05) is 47.8 Å². The Hall–Kier alpha value is -5.98. The van der Waals surface area contributed by atoms with Crippen LogP contribution in [0.15, 0.2) is 47.6 Å². The normalized spacial score (nSPS) is 23.9. The van der Waals surface area contributed by atoms with Crippen molar-refractivity contribution in [2.24, 2.45) is 17.8 Å². The Morgan fingerprint density at radius 1 is 0.882 bits per heavy atom. The third-order valence-electron chi connectivity index (χ3n) is 13.9. The maximum absolute atomic E-state index is 14.4. The van der Waals surface area contributed by atoms with Crippen molar-refractivity contribution in [3.05, 3.63) is 58.1 Å². The minimum Gasteiger partial charge on any atom is -0.456 e. The molecule has 7 unspecified atom stereocenters. The van der Waals surface area contributed by atoms with Gasteiger partial charge in [0.2, 0.25) is 29.5 Å². The van der Waals surface area contributed by atoms with E-state index in [1.807, 2.05) is 20.8 Å². The molecule has 1 aromatic rings. The maximum Gasteiger partial charge on any atom is 0.409 e. The molecule has 0 saturated carbocycles. The third-order valence-corrected chi connectivity index (χ3v) is 14.2. The highest BCUT2D eigenvalue weighted by atomic mass is 35.5. The molecule has 0 aliphatic carbocycles. The van der Waals surface area contributed by atoms with Crippen molar-refractivity contribution in [2.45, 2.75) is 176 Å². The lowest BCUT2D eigenvalue weighted by Gasteiger charge is -2.35. The van der Waals surface area contributed by atoms with Gasteiger partial charge in [0.05, 0.1) is 6.54 Å². The zero-order valence-corrected chi connectivity index (χ0v) is 48.8. The standard InChI is InChI=1S/C56H88ClN7O12/c1-17-35(5)47-50(68)60-56(11,12)54(72)76-48(36(6)18-2)38(8)44(75-55(73)62(14)30-22-20-19-21-29-61(13)40(10)65)28-23-37(7)53(71)74-45(31-34(3)4)49(67)58-39(9)51(69)64(16)43(32-41-24-26-42(57)27-25-41)52(70)63(15)33-46(66)59-47/h18,23-27,34-35,38-39,43-45,47-48H,17,19-22,28-33H2,1-16H3,(H,58,67)(H,59,66)(H,60,68)/b36-18+,37-23?/t35-,38?,39?,43?,44?,45?,47?,48?/m1/s1. The molecule has 0 aromatic heterocycles. The monoisotopic (exact) mass is 1090 g/mol. The van der Waals surface area contributed by atoms with E-state index in [4.69, 9.17) is 25.8 Å². The Kier molecular flexibility index (Phi) is 27.2. The lowest BCUT2D eigenvalue weighted by atomic mass is 9.90. The number of rotatable bonds is 15. The summed E-state index contributed by atoms with van der Waals surface area (Å²) in [7, 11) is 6.16. The fraction of sp³-hybridized carbons (Fsp3) is 0.661. The van der Waals surface area contributed by atoms with Gasteiger partial charge in [0.25, 0.3) is 5.91 Å². The molecule has 1 aliphatic heterocycles. The van der Waals surface area contributed by atoms with Gasteiger partial charge in [0, 0.05) is 77.6 Å². The van der Waals surface area contributed by atoms with Crippen LogP contribution >= 0.6 is 11.6 Å². The number of halogens is 1. The number of hydrogen-bond acceptors (Lipinski definition) is 12. The molecule has 0 bridgehead atoms. The minimum absolute atomic E-state index is 0.000215. The van der Waals surface area contributed by atoms with E-state index in [1.165, 1.54) is 64.6 Å². The number of unbranched alkanes of at least 4 members (excludes halogenated alkanes) is 3. The number of cyclic esters (lactones) is 2. The van der Waals surface area contributed by atoms with Gasteiger partial charge in [-0.05, 0) is 95.9 Å². The first-order chi connectivity index (χ1) is 35.4. The molecule has 0 saturated heterocycles. The van der Waals surface area contributed by atoms with E-state index >= 15 is 0 Å². The summed E-state index contributed by atoms with van der Waals surface area (Å²) in [6, 6.07) is 3.12. The number of nitrogens with zero attached hydrogens (tertiary/aromatic N) is 4. The number of nitrogens with one attached hydrogen (secondary N) is 3. The molecular weight excluding hydrogens is 998 g/mol. The summed E-state index contributed by atoms with van der Waals surface area (Å²) >= 11 is 6.16. The summed E-state index contributed by atoms with van der Waals surface area (Å²) < 4.78 is 18.3. The summed E-state index contributed by atoms with van der Waals surface area (Å²) in [5.41, 5.74) is -0.347. The molecule has 426 valence electrons. The smallest absolute Gasteiger partial charge is 0.409 e. The summed E-state index contributed by atoms with van der Waals surface area (Å²) in [6.07, 6.45) is 2.84. The summed E-state index contributed by atoms with van der Waals surface area (Å²) in [4.78, 5) is 130. The van der Waals surface area contributed by atoms with Gasteiger partial charge >= 0.3 is 18.0 Å². The fourth-order valence-corrected chi connectivity index (χ4v) is 8.45. The molecule has 76 heavy (non-hydrogen) atoms. The van der Waals surface area contributed by atoms with Gasteiger partial charge in [0.15, 0.2) is 6.10 Å². The molecule has 20 heteroatoms. The van der Waals surface area contributed by atoms with Crippen molar-refractivity contribution >= 4 is 65.1 Å². The van der Waals surface area contributed by atoms with Crippen molar-refractivity contribution in [3.8, 4) is 0 Å². The first kappa shape index (κ1) is 66.1. The Morgan fingerprint density at radius 2 is 1.47 bits per heavy atom. The average molecular weight is 1090 g/mol. The van der Waals surface area contributed by atoms with Crippen LogP contribution in [0, 0.1) is 17.8 Å². The number of hydrogen-bond donors (Lipinski definition) is 3. The molecule has 7 amide bonds. The molecule has 1 aromatic carbocycles. The second-order valence-electron chi connectivity index (χ2n) is 21.3. The first-order valence-corrected chi connectivity index (χ1v) is 26.9. The van der Waals surface area contributed by atoms with E-state index in [9.17, 15) is 43.2 Å². The van der Waals surface area contributed by atoms with Crippen LogP contribution in [0.5, 0.6) is 0 Å². The van der Waals surface area contributed by atoms with Crippen LogP contribution < -0.4 is 16.0 Å². The van der Waals surface area contributed by atoms with Gasteiger partial charge in [-0.15, -0.1) is 0 Å². The molecule has 1 heterocycles. The summed E-state index contributed by atoms with van der Waals surface area (Å²) in [5, 5.41) is 8.66. The van der Waals surface area contributed by atoms with E-state index in [-0.39, 0.29) is 36.7 Å². The highest BCUT2D eigenvalue weighted by molar-refractivity contribution is 6.30. The van der Waals surface area contributed by atoms with Gasteiger partial charge in [-0.25, -0.2) is 14.4 Å². The number of carbonyl (C=O) groups excluding carboxylic acids is 9. The van der Waals surface area contributed by atoms with Gasteiger partial charge in [-0.3, -0.25) is 28.8 Å². The molecule has 19 nitrogen and oxygen atoms in total. The molecule has 0 fully saturated rings. The maximum atomic E-state index is 14.4. The van der Waals surface area contributed by atoms with Gasteiger partial charge in [-0.2, -0.15) is 0 Å². The molecule has 1 aliphatic rings. The number of likely N-dealkylation sites (N-methyl/N-ethyl adjacent to an activating group) is 2. The second kappa shape index (κ2) is 31.3. The lowest BCUT2D eigenvalue weighted by Crippen LogP contribution is -2.60. The van der Waals surface area contributed by atoms with Crippen LogP contribution in [-0.4, -0.2) is 163 Å². The minimum atomic E-state index is -1.67. The van der Waals surface area contributed by atoms with Gasteiger partial charge in [0.1, 0.15) is 35.9 Å². The third kappa shape index (κ3) is 20.9. The number of amides is 7. The van der Waals surface area contributed by atoms with E-state index in [1.54, 1.807) is 77.0 Å². The quantitative estimate of drug-likeness (QED) is 0.0751. The van der Waals surface area contributed by atoms with E-state index in [0.717, 1.165) is 24.2 Å². The van der Waals surface area contributed by atoms with E-state index in [0.29, 0.717) is 42.1 Å². The lowest BCUT2D eigenvalue weighted by molar-refractivity contribution is -0.160. The summed E-state index contributed by atoms with van der Waals surface area (Å²) in [6.45, 7) is 20.4. The van der Waals surface area contributed by atoms with E-state index in [2.05, 4.69) is 16.0 Å². The molecule has 0 radical (unpaired) electrons. The Labute approximate surface area is 456 Å². The van der Waals surface area contributed by atoms with Crippen LogP contribution in [-0.2, 0) is 59.0 Å². The number of allylic oxidation sites excluding steroid dienone is 1. The van der Waals surface area contributed by atoms with Crippen LogP contribution in [0.3, 0.4) is 0 Å². The number of carbonyl (C=O) groups is 9. The number of benzene rings is 1. The molecule has 3 N–H and O–H groups in total. The zero-order valence-electron chi connectivity index (χ0n) is 48.0. The first-order valence-electron chi connectivity index (χ1n) is 26.5. The van der Waals surface area contributed by atoms with Crippen molar-refractivity contribution in [1.82, 2.24) is 35.6 Å². The van der Waals surface area contributed by atoms with Crippen LogP contribution in [0.4, 0.5) is 4.79 Å². The molecular formula is C56H88ClN7O12. The predicted molar refractivity (Wildman–Crippen MR) is 291 cm³/mol. The highest BCUT2D eigenvalue weighted by Crippen LogP contribution is 2.28. The van der Waals surface area contributed by atoms with Gasteiger partial charge < -0.3 is 49.8 Å². The highest BCUT2D eigenvalue weighted by Gasteiger charge is 2.41. The molecule has 2 rings (SSSR count). The molecule has 0 spiro atoms. The Morgan fingerprint density at radius 3 is 2.03 bits per heavy atom. The Balaban J connectivity index is 2.72. The van der Waals surface area contributed by atoms with E-state index < -0.39 is 108 Å². The van der Waals surface area contributed by atoms with Gasteiger partial charge in [-0.1, -0.05) is 89.8 Å². The SMILES string of the molecule is C/C=C(\C)C1OC(=O)C(C)(C)NC(=O)C([C@H](C)CC)NC(=O)CN(C)C(=O)C(Cc2ccc(Cl)cc2)N(C)C(=O)C(C)NC(=O)C(CC(C)C)OC(=O)C(C)=CCC(OC(=O)N(C)CCCCCCN(C)C(C)=O)C1C. The van der Waals surface area contributed by atoms with Crippen molar-refractivity contribution in [1.29, 1.82) is 0 Å². The fourth-order valence-electron chi connectivity index (χ4n) is 8.33. The number of ether oxygens (including phenoxy) is 3. The van der Waals surface area contributed by atoms with Crippen LogP contribution in [0.2, 0.25) is 5.02 Å². The topological polar surface area (TPSA) is 230 Å². The van der Waals surface area contributed by atoms with Crippen molar-refractivity contribution < 1.29 is 57.4 Å².